The van der Waals surface area contributed by atoms with Gasteiger partial charge in [-0.2, -0.15) is 0 Å². The third-order valence-electron chi connectivity index (χ3n) is 5.11. The van der Waals surface area contributed by atoms with Crippen molar-refractivity contribution in [3.8, 4) is 11.5 Å². The Morgan fingerprint density at radius 3 is 2.69 bits per heavy atom. The highest BCUT2D eigenvalue weighted by molar-refractivity contribution is 6.05. The van der Waals surface area contributed by atoms with E-state index in [1.807, 2.05) is 0 Å². The molecule has 0 aromatic heterocycles. The number of ether oxygens (including phenoxy) is 3. The van der Waals surface area contributed by atoms with Crippen LogP contribution in [0.5, 0.6) is 11.5 Å². The third kappa shape index (κ3) is 5.38. The molecule has 0 saturated heterocycles. The van der Waals surface area contributed by atoms with Gasteiger partial charge < -0.3 is 24.4 Å². The number of fused-ring (bicyclic) bond motifs is 1. The topological polar surface area (TPSA) is 94.2 Å². The average Bonchev–Trinajstić information content (AvgIpc) is 2.91. The number of methoxy groups -OCH3 is 1. The minimum Gasteiger partial charge on any atom is -0.493 e. The van der Waals surface area contributed by atoms with Crippen molar-refractivity contribution < 1.29 is 28.6 Å². The first kappa shape index (κ1) is 23.1. The molecular formula is C24H28N2O6. The van der Waals surface area contributed by atoms with E-state index >= 15 is 0 Å². The van der Waals surface area contributed by atoms with Crippen molar-refractivity contribution in [3.05, 3.63) is 48.0 Å². The molecule has 1 atom stereocenters. The summed E-state index contributed by atoms with van der Waals surface area (Å²) in [7, 11) is 1.49. The monoisotopic (exact) mass is 440 g/mol. The number of hydrogen-bond acceptors (Lipinski definition) is 6. The fourth-order valence-corrected chi connectivity index (χ4v) is 3.49. The molecule has 2 aromatic rings. The lowest BCUT2D eigenvalue weighted by molar-refractivity contribution is -0.122. The van der Waals surface area contributed by atoms with Gasteiger partial charge in [-0.05, 0) is 43.7 Å². The second kappa shape index (κ2) is 10.7. The van der Waals surface area contributed by atoms with Crippen LogP contribution in [0.3, 0.4) is 0 Å². The zero-order chi connectivity index (χ0) is 23.1. The summed E-state index contributed by atoms with van der Waals surface area (Å²) in [6.07, 6.45) is 2.06. The molecule has 170 valence electrons. The number of carbonyl (C=O) groups excluding carboxylic acids is 3. The predicted octanol–water partition coefficient (Wildman–Crippen LogP) is 3.79. The first-order valence-electron chi connectivity index (χ1n) is 10.6. The molecule has 2 aromatic carbocycles. The largest absolute Gasteiger partial charge is 0.493 e. The molecule has 0 fully saturated rings. The maximum absolute atomic E-state index is 13.0. The minimum absolute atomic E-state index is 0.144. The normalized spacial score (nSPS) is 15.3. The number of hydrogen-bond donors (Lipinski definition) is 1. The maximum Gasteiger partial charge on any atom is 0.338 e. The summed E-state index contributed by atoms with van der Waals surface area (Å²) in [5.41, 5.74) is 1.37. The van der Waals surface area contributed by atoms with Gasteiger partial charge in [0.15, 0.2) is 18.1 Å². The predicted molar refractivity (Wildman–Crippen MR) is 120 cm³/mol. The molecule has 0 spiro atoms. The van der Waals surface area contributed by atoms with E-state index in [2.05, 4.69) is 12.2 Å². The highest BCUT2D eigenvalue weighted by Gasteiger charge is 2.30. The number of nitrogens with zero attached hydrogens (tertiary/aromatic N) is 1. The van der Waals surface area contributed by atoms with Crippen LogP contribution in [-0.4, -0.2) is 44.1 Å². The molecule has 8 heteroatoms. The Hall–Kier alpha value is -3.55. The standard InChI is InChI=1S/C24H28N2O6/c1-4-5-12-31-20-11-10-17(14-21(20)30-3)24(29)32-15-23(28)26-16(2)13-22(27)25-18-8-6-7-9-19(18)26/h6-11,14,16H,4-5,12-13,15H2,1-3H3,(H,25,27). The van der Waals surface area contributed by atoms with E-state index < -0.39 is 18.5 Å². The van der Waals surface area contributed by atoms with Gasteiger partial charge in [0, 0.05) is 12.5 Å². The molecule has 1 aliphatic rings. The highest BCUT2D eigenvalue weighted by Crippen LogP contribution is 2.32. The van der Waals surface area contributed by atoms with Crippen molar-refractivity contribution in [2.75, 3.05) is 30.5 Å². The van der Waals surface area contributed by atoms with Gasteiger partial charge in [-0.1, -0.05) is 25.5 Å². The second-order valence-electron chi connectivity index (χ2n) is 7.53. The number of rotatable bonds is 8. The van der Waals surface area contributed by atoms with E-state index in [1.165, 1.54) is 18.1 Å². The van der Waals surface area contributed by atoms with E-state index in [0.717, 1.165) is 12.8 Å². The van der Waals surface area contributed by atoms with Gasteiger partial charge in [-0.15, -0.1) is 0 Å². The van der Waals surface area contributed by atoms with Crippen molar-refractivity contribution in [1.29, 1.82) is 0 Å². The van der Waals surface area contributed by atoms with Gasteiger partial charge in [-0.25, -0.2) is 4.79 Å². The quantitative estimate of drug-likeness (QED) is 0.496. The molecule has 1 heterocycles. The third-order valence-corrected chi connectivity index (χ3v) is 5.11. The Kier molecular flexibility index (Phi) is 7.70. The van der Waals surface area contributed by atoms with Gasteiger partial charge in [0.1, 0.15) is 0 Å². The molecular weight excluding hydrogens is 412 g/mol. The van der Waals surface area contributed by atoms with Crippen LogP contribution in [-0.2, 0) is 14.3 Å². The zero-order valence-corrected chi connectivity index (χ0v) is 18.6. The lowest BCUT2D eigenvalue weighted by Gasteiger charge is -2.27. The number of para-hydroxylation sites is 2. The fourth-order valence-electron chi connectivity index (χ4n) is 3.49. The Balaban J connectivity index is 1.69. The number of carbonyl (C=O) groups is 3. The van der Waals surface area contributed by atoms with Crippen LogP contribution in [0.25, 0.3) is 0 Å². The van der Waals surface area contributed by atoms with Crippen molar-refractivity contribution in [2.24, 2.45) is 0 Å². The molecule has 1 aliphatic heterocycles. The summed E-state index contributed by atoms with van der Waals surface area (Å²) in [5.74, 6) is -0.282. The molecule has 1 N–H and O–H groups in total. The molecule has 0 radical (unpaired) electrons. The van der Waals surface area contributed by atoms with Crippen LogP contribution in [0.1, 0.15) is 43.5 Å². The summed E-state index contributed by atoms with van der Waals surface area (Å²) in [6.45, 7) is 3.95. The second-order valence-corrected chi connectivity index (χ2v) is 7.53. The molecule has 0 aliphatic carbocycles. The summed E-state index contributed by atoms with van der Waals surface area (Å²) < 4.78 is 16.3. The van der Waals surface area contributed by atoms with E-state index in [1.54, 1.807) is 43.3 Å². The van der Waals surface area contributed by atoms with E-state index in [-0.39, 0.29) is 23.9 Å². The molecule has 0 saturated carbocycles. The van der Waals surface area contributed by atoms with E-state index in [9.17, 15) is 14.4 Å². The van der Waals surface area contributed by atoms with Crippen molar-refractivity contribution >= 4 is 29.2 Å². The Bertz CT molecular complexity index is 990. The number of nitrogens with one attached hydrogen (secondary N) is 1. The zero-order valence-electron chi connectivity index (χ0n) is 18.6. The maximum atomic E-state index is 13.0. The van der Waals surface area contributed by atoms with Crippen LogP contribution in [0, 0.1) is 0 Å². The number of benzene rings is 2. The van der Waals surface area contributed by atoms with Gasteiger partial charge in [0.2, 0.25) is 5.91 Å². The first-order chi connectivity index (χ1) is 15.4. The van der Waals surface area contributed by atoms with Gasteiger partial charge in [0.25, 0.3) is 5.91 Å². The Morgan fingerprint density at radius 2 is 1.94 bits per heavy atom. The van der Waals surface area contributed by atoms with Crippen LogP contribution in [0.15, 0.2) is 42.5 Å². The van der Waals surface area contributed by atoms with Crippen molar-refractivity contribution in [2.45, 2.75) is 39.2 Å². The van der Waals surface area contributed by atoms with E-state index in [4.69, 9.17) is 14.2 Å². The summed E-state index contributed by atoms with van der Waals surface area (Å²) in [4.78, 5) is 39.1. The number of unbranched alkanes of at least 4 members (excludes halogenated alkanes) is 1. The van der Waals surface area contributed by atoms with Gasteiger partial charge in [0.05, 0.1) is 30.7 Å². The van der Waals surface area contributed by atoms with Crippen molar-refractivity contribution in [1.82, 2.24) is 0 Å². The molecule has 8 nitrogen and oxygen atoms in total. The minimum atomic E-state index is -0.651. The van der Waals surface area contributed by atoms with Crippen LogP contribution in [0.4, 0.5) is 11.4 Å². The fraction of sp³-hybridized carbons (Fsp3) is 0.375. The molecule has 32 heavy (non-hydrogen) atoms. The van der Waals surface area contributed by atoms with E-state index in [0.29, 0.717) is 29.5 Å². The van der Waals surface area contributed by atoms with Gasteiger partial charge >= 0.3 is 5.97 Å². The van der Waals surface area contributed by atoms with Crippen LogP contribution < -0.4 is 19.7 Å². The first-order valence-corrected chi connectivity index (χ1v) is 10.6. The lowest BCUT2D eigenvalue weighted by atomic mass is 10.1. The Labute approximate surface area is 187 Å². The highest BCUT2D eigenvalue weighted by atomic mass is 16.5. The number of anilines is 2. The Morgan fingerprint density at radius 1 is 1.16 bits per heavy atom. The molecule has 3 rings (SSSR count). The number of esters is 1. The summed E-state index contributed by atoms with van der Waals surface area (Å²) >= 11 is 0. The molecule has 1 unspecified atom stereocenters. The number of amides is 2. The summed E-state index contributed by atoms with van der Waals surface area (Å²) in [6, 6.07) is 11.4. The van der Waals surface area contributed by atoms with Crippen LogP contribution >= 0.6 is 0 Å². The van der Waals surface area contributed by atoms with Crippen LogP contribution in [0.2, 0.25) is 0 Å². The summed E-state index contributed by atoms with van der Waals surface area (Å²) in [5, 5.41) is 2.80. The lowest BCUT2D eigenvalue weighted by Crippen LogP contribution is -2.41. The smallest absolute Gasteiger partial charge is 0.338 e. The van der Waals surface area contributed by atoms with Crippen molar-refractivity contribution in [3.63, 3.8) is 0 Å². The SMILES string of the molecule is CCCCOc1ccc(C(=O)OCC(=O)N2c3ccccc3NC(=O)CC2C)cc1OC. The average molecular weight is 440 g/mol. The molecule has 2 amide bonds. The van der Waals surface area contributed by atoms with Gasteiger partial charge in [-0.3, -0.25) is 9.59 Å². The molecule has 0 bridgehead atoms.